The number of methoxy groups -OCH3 is 1. The van der Waals surface area contributed by atoms with Crippen molar-refractivity contribution >= 4 is 5.97 Å². The Kier molecular flexibility index (Phi) is 7.03. The van der Waals surface area contributed by atoms with Crippen LogP contribution < -0.4 is 10.5 Å². The van der Waals surface area contributed by atoms with Gasteiger partial charge in [-0.15, -0.1) is 0 Å². The molecule has 5 nitrogen and oxygen atoms in total. The van der Waals surface area contributed by atoms with E-state index in [2.05, 4.69) is 0 Å². The van der Waals surface area contributed by atoms with Gasteiger partial charge in [0, 0.05) is 6.42 Å². The first kappa shape index (κ1) is 19.5. The fraction of sp³-hybridized carbons (Fsp3) is 0.611. The minimum absolute atomic E-state index is 0.241. The predicted octanol–water partition coefficient (Wildman–Crippen LogP) is 3.16. The Morgan fingerprint density at radius 1 is 1.09 bits per heavy atom. The Morgan fingerprint density at radius 3 is 2.35 bits per heavy atom. The van der Waals surface area contributed by atoms with E-state index in [1.807, 2.05) is 33.8 Å². The first-order valence-corrected chi connectivity index (χ1v) is 7.91. The smallest absolute Gasteiger partial charge is 0.341 e. The molecule has 0 aliphatic heterocycles. The molecule has 0 amide bonds. The minimum Gasteiger partial charge on any atom is -0.487 e. The molecule has 0 fully saturated rings. The van der Waals surface area contributed by atoms with E-state index in [0.29, 0.717) is 30.9 Å². The number of hydrogen-bond acceptors (Lipinski definition) is 5. The third-order valence-corrected chi connectivity index (χ3v) is 3.62. The molecule has 0 aliphatic carbocycles. The van der Waals surface area contributed by atoms with E-state index in [0.717, 1.165) is 6.42 Å². The number of nitrogens with two attached hydrogens (primary N) is 1. The van der Waals surface area contributed by atoms with Crippen LogP contribution in [-0.4, -0.2) is 37.4 Å². The number of esters is 1. The highest BCUT2D eigenvalue weighted by atomic mass is 16.5. The van der Waals surface area contributed by atoms with Crippen molar-refractivity contribution < 1.29 is 19.0 Å². The van der Waals surface area contributed by atoms with Gasteiger partial charge in [0.2, 0.25) is 0 Å². The Balaban J connectivity index is 2.67. The Bertz CT molecular complexity index is 511. The lowest BCUT2D eigenvalue weighted by Crippen LogP contribution is -2.34. The minimum atomic E-state index is -0.469. The molecule has 0 bridgehead atoms. The zero-order valence-corrected chi connectivity index (χ0v) is 14.8. The van der Waals surface area contributed by atoms with Crippen molar-refractivity contribution in [2.24, 2.45) is 5.73 Å². The summed E-state index contributed by atoms with van der Waals surface area (Å²) in [5.41, 5.74) is 5.30. The van der Waals surface area contributed by atoms with Gasteiger partial charge in [-0.2, -0.15) is 0 Å². The van der Waals surface area contributed by atoms with Crippen LogP contribution >= 0.6 is 0 Å². The molecule has 0 radical (unpaired) electrons. The monoisotopic (exact) mass is 323 g/mol. The molecule has 0 spiro atoms. The maximum Gasteiger partial charge on any atom is 0.341 e. The van der Waals surface area contributed by atoms with Gasteiger partial charge in [-0.1, -0.05) is 12.1 Å². The summed E-state index contributed by atoms with van der Waals surface area (Å²) < 4.78 is 16.7. The molecule has 2 N–H and O–H groups in total. The van der Waals surface area contributed by atoms with Crippen molar-refractivity contribution in [2.75, 3.05) is 20.3 Å². The first-order chi connectivity index (χ1) is 10.7. The third-order valence-electron chi connectivity index (χ3n) is 3.62. The molecule has 0 atom stereocenters. The van der Waals surface area contributed by atoms with E-state index < -0.39 is 11.6 Å². The third kappa shape index (κ3) is 6.59. The molecular weight excluding hydrogens is 294 g/mol. The summed E-state index contributed by atoms with van der Waals surface area (Å²) >= 11 is 0. The number of carbonyl (C=O) groups excluding carboxylic acids is 1. The Labute approximate surface area is 139 Å². The van der Waals surface area contributed by atoms with Crippen LogP contribution in [0.25, 0.3) is 0 Å². The van der Waals surface area contributed by atoms with Gasteiger partial charge in [-0.05, 0) is 52.8 Å². The molecule has 0 saturated carbocycles. The van der Waals surface area contributed by atoms with Crippen molar-refractivity contribution in [3.8, 4) is 5.75 Å². The molecule has 0 unspecified atom stereocenters. The summed E-state index contributed by atoms with van der Waals surface area (Å²) in [5.74, 6) is 0.113. The summed E-state index contributed by atoms with van der Waals surface area (Å²) in [6.07, 6.45) is 1.50. The van der Waals surface area contributed by atoms with E-state index >= 15 is 0 Å². The average Bonchev–Trinajstić information content (AvgIpc) is 2.46. The summed E-state index contributed by atoms with van der Waals surface area (Å²) in [6.45, 7) is 9.15. The summed E-state index contributed by atoms with van der Waals surface area (Å²) in [4.78, 5) is 11.8. The highest BCUT2D eigenvalue weighted by Crippen LogP contribution is 2.26. The summed E-state index contributed by atoms with van der Waals surface area (Å²) in [5, 5.41) is 0. The lowest BCUT2D eigenvalue weighted by atomic mass is 10.0. The fourth-order valence-corrected chi connectivity index (χ4v) is 2.18. The second-order valence-electron chi connectivity index (χ2n) is 6.75. The van der Waals surface area contributed by atoms with Crippen molar-refractivity contribution in [1.29, 1.82) is 0 Å². The van der Waals surface area contributed by atoms with Crippen LogP contribution in [0.1, 0.15) is 50.9 Å². The van der Waals surface area contributed by atoms with Crippen LogP contribution in [0.4, 0.5) is 0 Å². The maximum absolute atomic E-state index is 11.8. The lowest BCUT2D eigenvalue weighted by molar-refractivity contribution is -0.0436. The molecule has 130 valence electrons. The molecule has 0 aromatic heterocycles. The van der Waals surface area contributed by atoms with Crippen LogP contribution in [0.15, 0.2) is 24.3 Å². The number of benzene rings is 1. The van der Waals surface area contributed by atoms with Crippen molar-refractivity contribution in [3.05, 3.63) is 29.8 Å². The van der Waals surface area contributed by atoms with Gasteiger partial charge in [0.25, 0.3) is 0 Å². The number of ether oxygens (including phenoxy) is 3. The quantitative estimate of drug-likeness (QED) is 0.707. The molecule has 0 aliphatic rings. The topological polar surface area (TPSA) is 70.8 Å². The van der Waals surface area contributed by atoms with Crippen LogP contribution in [0.3, 0.4) is 0 Å². The molecule has 0 saturated heterocycles. The molecule has 5 heteroatoms. The van der Waals surface area contributed by atoms with Gasteiger partial charge in [-0.25, -0.2) is 4.79 Å². The van der Waals surface area contributed by atoms with Gasteiger partial charge in [-0.3, -0.25) is 0 Å². The van der Waals surface area contributed by atoms with Crippen LogP contribution in [0.5, 0.6) is 5.75 Å². The van der Waals surface area contributed by atoms with Gasteiger partial charge in [0.05, 0.1) is 19.3 Å². The van der Waals surface area contributed by atoms with Gasteiger partial charge in [0.1, 0.15) is 16.9 Å². The van der Waals surface area contributed by atoms with Crippen LogP contribution in [0, 0.1) is 0 Å². The molecule has 0 heterocycles. The average molecular weight is 323 g/mol. The van der Waals surface area contributed by atoms with E-state index in [1.165, 1.54) is 7.11 Å². The second-order valence-corrected chi connectivity index (χ2v) is 6.75. The van der Waals surface area contributed by atoms with E-state index in [1.54, 1.807) is 18.2 Å². The lowest BCUT2D eigenvalue weighted by Gasteiger charge is -2.30. The van der Waals surface area contributed by atoms with Crippen molar-refractivity contribution in [3.63, 3.8) is 0 Å². The summed E-state index contributed by atoms with van der Waals surface area (Å²) in [6, 6.07) is 7.08. The van der Waals surface area contributed by atoms with Gasteiger partial charge >= 0.3 is 5.97 Å². The number of hydrogen-bond donors (Lipinski definition) is 1. The highest BCUT2D eigenvalue weighted by molar-refractivity contribution is 5.92. The second kappa shape index (κ2) is 8.31. The number of para-hydroxylation sites is 1. The first-order valence-electron chi connectivity index (χ1n) is 7.91. The highest BCUT2D eigenvalue weighted by Gasteiger charge is 2.25. The van der Waals surface area contributed by atoms with Crippen LogP contribution in [0.2, 0.25) is 0 Å². The van der Waals surface area contributed by atoms with Gasteiger partial charge in [0.15, 0.2) is 0 Å². The van der Waals surface area contributed by atoms with Crippen molar-refractivity contribution in [2.45, 2.75) is 51.7 Å². The molecule has 1 aromatic carbocycles. The normalized spacial score (nSPS) is 12.1. The zero-order chi connectivity index (χ0) is 17.5. The number of rotatable bonds is 9. The predicted molar refractivity (Wildman–Crippen MR) is 90.8 cm³/mol. The van der Waals surface area contributed by atoms with Crippen molar-refractivity contribution in [1.82, 2.24) is 0 Å². The Morgan fingerprint density at radius 2 is 1.74 bits per heavy atom. The fourth-order valence-electron chi connectivity index (χ4n) is 2.18. The van der Waals surface area contributed by atoms with Crippen LogP contribution in [-0.2, 0) is 9.47 Å². The molecular formula is C18H29NO4. The Hall–Kier alpha value is -1.59. The molecule has 1 aromatic rings. The molecule has 23 heavy (non-hydrogen) atoms. The van der Waals surface area contributed by atoms with E-state index in [-0.39, 0.29) is 5.60 Å². The summed E-state index contributed by atoms with van der Waals surface area (Å²) in [7, 11) is 1.36. The largest absolute Gasteiger partial charge is 0.487 e. The van der Waals surface area contributed by atoms with E-state index in [9.17, 15) is 4.79 Å². The standard InChI is InChI=1S/C18H29NO4/c1-17(2,10-12-19)22-13-11-18(3,4)23-15-9-7-6-8-14(15)16(20)21-5/h6-9H,10-13,19H2,1-5H3. The SMILES string of the molecule is COC(=O)c1ccccc1OC(C)(C)CCOC(C)(C)CCN. The zero-order valence-electron chi connectivity index (χ0n) is 14.8. The molecule has 1 rings (SSSR count). The number of carbonyl (C=O) groups is 1. The van der Waals surface area contributed by atoms with Gasteiger partial charge < -0.3 is 19.9 Å². The van der Waals surface area contributed by atoms with E-state index in [4.69, 9.17) is 19.9 Å². The maximum atomic E-state index is 11.8.